The van der Waals surface area contributed by atoms with Gasteiger partial charge in [0.2, 0.25) is 5.91 Å². The van der Waals surface area contributed by atoms with Crippen molar-refractivity contribution < 1.29 is 36.9 Å². The second-order valence-corrected chi connectivity index (χ2v) is 12.5. The number of allylic oxidation sites excluding steroid dienone is 2. The van der Waals surface area contributed by atoms with Gasteiger partial charge in [0.15, 0.2) is 6.61 Å². The van der Waals surface area contributed by atoms with Gasteiger partial charge in [-0.25, -0.2) is 13.5 Å². The van der Waals surface area contributed by atoms with E-state index in [0.717, 1.165) is 15.1 Å². The quantitative estimate of drug-likeness (QED) is 0.283. The molecule has 1 aliphatic heterocycles. The number of nitrogens with one attached hydrogen (secondary N) is 1. The third-order valence-electron chi connectivity index (χ3n) is 6.33. The third kappa shape index (κ3) is 6.70. The van der Waals surface area contributed by atoms with Gasteiger partial charge in [-0.3, -0.25) is 14.4 Å². The maximum Gasteiger partial charge on any atom is 0.338 e. The number of nitrogens with zero attached hydrogens (tertiary/aromatic N) is 3. The van der Waals surface area contributed by atoms with Crippen LogP contribution in [0.4, 0.5) is 0 Å². The van der Waals surface area contributed by atoms with Crippen molar-refractivity contribution in [2.45, 2.75) is 29.9 Å². The average Bonchev–Trinajstić information content (AvgIpc) is 3.36. The summed E-state index contributed by atoms with van der Waals surface area (Å²) in [6.45, 7) is 3.07. The van der Waals surface area contributed by atoms with Gasteiger partial charge >= 0.3 is 5.16 Å². The first-order chi connectivity index (χ1) is 19.9. The van der Waals surface area contributed by atoms with E-state index in [2.05, 4.69) is 10.3 Å². The van der Waals surface area contributed by atoms with Crippen molar-refractivity contribution in [1.29, 1.82) is 0 Å². The molecule has 0 fully saturated rings. The fourth-order valence-electron chi connectivity index (χ4n) is 4.30. The minimum Gasteiger partial charge on any atom is -0.609 e. The molecule has 2 amide bonds. The number of hydrogen-bond acceptors (Lipinski definition) is 10. The van der Waals surface area contributed by atoms with E-state index in [1.54, 1.807) is 29.5 Å². The lowest BCUT2D eigenvalue weighted by Crippen LogP contribution is -2.39. The zero-order valence-corrected chi connectivity index (χ0v) is 25.0. The summed E-state index contributed by atoms with van der Waals surface area (Å²) in [5.41, 5.74) is 7.37. The Balaban J connectivity index is 1.66. The highest BCUT2D eigenvalue weighted by Crippen LogP contribution is 2.31. The van der Waals surface area contributed by atoms with Crippen molar-refractivity contribution in [3.63, 3.8) is 0 Å². The number of benzene rings is 2. The van der Waals surface area contributed by atoms with Gasteiger partial charge in [0.05, 0.1) is 36.7 Å². The second kappa shape index (κ2) is 12.9. The number of hydroxylamine groups is 2. The molecule has 3 aromatic rings. The molecule has 13 nitrogen and oxygen atoms in total. The normalized spacial score (nSPS) is 16.0. The summed E-state index contributed by atoms with van der Waals surface area (Å²) in [6, 6.07) is 9.68. The fourth-order valence-corrected chi connectivity index (χ4v) is 7.53. The maximum absolute atomic E-state index is 14.0. The predicted molar refractivity (Wildman–Crippen MR) is 154 cm³/mol. The summed E-state index contributed by atoms with van der Waals surface area (Å²) >= 11 is -1.89. The average molecular weight is 618 g/mol. The van der Waals surface area contributed by atoms with Gasteiger partial charge in [-0.1, -0.05) is 6.08 Å². The Bertz CT molecular complexity index is 1650. The summed E-state index contributed by atoms with van der Waals surface area (Å²) in [5.74, 6) is -0.577. The van der Waals surface area contributed by atoms with Crippen LogP contribution in [0.3, 0.4) is 0 Å². The molecule has 2 atom stereocenters. The zero-order chi connectivity index (χ0) is 30.6. The number of methoxy groups -OCH3 is 1. The monoisotopic (exact) mass is 617 g/mol. The summed E-state index contributed by atoms with van der Waals surface area (Å²) < 4.78 is 53.4. The SMILES string of the molecule is COc1ccc2c(c1)nc([S+]([O-])CC1C(C)=CC(C)=CN1OC)n2S(=O)(=O)c1ccc(OCC(=O)NCC(N)=O)cc1. The number of amides is 2. The first kappa shape index (κ1) is 30.9. The minimum absolute atomic E-state index is 0.0144. The van der Waals surface area contributed by atoms with Gasteiger partial charge in [0, 0.05) is 23.4 Å². The Morgan fingerprint density at radius 2 is 1.81 bits per heavy atom. The van der Waals surface area contributed by atoms with Gasteiger partial charge in [0.1, 0.15) is 23.3 Å². The molecule has 224 valence electrons. The molecule has 15 heteroatoms. The highest BCUT2D eigenvalue weighted by atomic mass is 32.2. The first-order valence-electron chi connectivity index (χ1n) is 12.6. The van der Waals surface area contributed by atoms with Gasteiger partial charge in [-0.2, -0.15) is 8.96 Å². The third-order valence-corrected chi connectivity index (χ3v) is 9.46. The van der Waals surface area contributed by atoms with E-state index >= 15 is 0 Å². The number of hydrogen-bond donors (Lipinski definition) is 2. The smallest absolute Gasteiger partial charge is 0.338 e. The number of imidazole rings is 1. The van der Waals surface area contributed by atoms with Crippen molar-refractivity contribution in [1.82, 2.24) is 19.3 Å². The molecule has 1 aromatic heterocycles. The van der Waals surface area contributed by atoms with E-state index in [0.29, 0.717) is 11.3 Å². The summed E-state index contributed by atoms with van der Waals surface area (Å²) in [6.07, 6.45) is 3.73. The molecule has 0 spiro atoms. The number of primary amides is 1. The molecule has 2 aromatic carbocycles. The van der Waals surface area contributed by atoms with E-state index in [-0.39, 0.29) is 33.6 Å². The fraction of sp³-hybridized carbons (Fsp3) is 0.296. The largest absolute Gasteiger partial charge is 0.609 e. The summed E-state index contributed by atoms with van der Waals surface area (Å²) in [4.78, 5) is 32.4. The lowest BCUT2D eigenvalue weighted by molar-refractivity contribution is -0.126. The summed E-state index contributed by atoms with van der Waals surface area (Å²) in [7, 11) is -1.32. The number of nitrogens with two attached hydrogens (primary N) is 1. The van der Waals surface area contributed by atoms with Crippen molar-refractivity contribution in [3.05, 3.63) is 65.9 Å². The Labute approximate surface area is 246 Å². The lowest BCUT2D eigenvalue weighted by Gasteiger charge is -2.32. The molecule has 3 N–H and O–H groups in total. The lowest BCUT2D eigenvalue weighted by atomic mass is 10.0. The molecule has 0 saturated carbocycles. The molecular formula is C27H31N5O8S2. The predicted octanol–water partition coefficient (Wildman–Crippen LogP) is 1.47. The van der Waals surface area contributed by atoms with Crippen LogP contribution in [0.25, 0.3) is 11.0 Å². The molecule has 1 aliphatic rings. The molecule has 4 rings (SSSR count). The molecule has 0 bridgehead atoms. The highest BCUT2D eigenvalue weighted by Gasteiger charge is 2.35. The summed E-state index contributed by atoms with van der Waals surface area (Å²) in [5, 5.41) is 3.72. The maximum atomic E-state index is 14.0. The van der Waals surface area contributed by atoms with Crippen LogP contribution in [-0.4, -0.2) is 78.0 Å². The van der Waals surface area contributed by atoms with E-state index in [1.807, 2.05) is 19.9 Å². The Morgan fingerprint density at radius 3 is 2.45 bits per heavy atom. The number of ether oxygens (including phenoxy) is 2. The van der Waals surface area contributed by atoms with Crippen molar-refractivity contribution in [2.24, 2.45) is 5.73 Å². The van der Waals surface area contributed by atoms with Crippen LogP contribution in [0.2, 0.25) is 0 Å². The number of aromatic nitrogens is 2. The van der Waals surface area contributed by atoms with Crippen LogP contribution in [-0.2, 0) is 35.6 Å². The van der Waals surface area contributed by atoms with Crippen LogP contribution in [0.5, 0.6) is 11.5 Å². The van der Waals surface area contributed by atoms with Gasteiger partial charge < -0.3 is 25.1 Å². The molecule has 42 heavy (non-hydrogen) atoms. The molecule has 0 saturated heterocycles. The first-order valence-corrected chi connectivity index (χ1v) is 15.4. The molecule has 0 radical (unpaired) electrons. The van der Waals surface area contributed by atoms with Crippen molar-refractivity contribution in [2.75, 3.05) is 33.1 Å². The van der Waals surface area contributed by atoms with Gasteiger partial charge in [-0.15, -0.1) is 0 Å². The Morgan fingerprint density at radius 1 is 1.12 bits per heavy atom. The van der Waals surface area contributed by atoms with E-state index < -0.39 is 45.7 Å². The topological polar surface area (TPSA) is 178 Å². The van der Waals surface area contributed by atoms with Crippen LogP contribution in [0.1, 0.15) is 13.8 Å². The highest BCUT2D eigenvalue weighted by molar-refractivity contribution is 7.93. The number of carbonyl (C=O) groups is 2. The zero-order valence-electron chi connectivity index (χ0n) is 23.4. The number of rotatable bonds is 12. The van der Waals surface area contributed by atoms with Crippen molar-refractivity contribution >= 4 is 44.0 Å². The van der Waals surface area contributed by atoms with Crippen molar-refractivity contribution in [3.8, 4) is 11.5 Å². The van der Waals surface area contributed by atoms with Gasteiger partial charge in [-0.05, 0) is 61.4 Å². The number of carbonyl (C=O) groups excluding carboxylic acids is 2. The Hall–Kier alpha value is -4.05. The number of fused-ring (bicyclic) bond motifs is 1. The van der Waals surface area contributed by atoms with E-state index in [9.17, 15) is 22.6 Å². The molecular weight excluding hydrogens is 586 g/mol. The van der Waals surface area contributed by atoms with E-state index in [4.69, 9.17) is 20.0 Å². The van der Waals surface area contributed by atoms with Crippen LogP contribution in [0, 0.1) is 0 Å². The van der Waals surface area contributed by atoms with Gasteiger partial charge in [0.25, 0.3) is 15.9 Å². The Kier molecular flexibility index (Phi) is 9.46. The second-order valence-electron chi connectivity index (χ2n) is 9.35. The van der Waals surface area contributed by atoms with Crippen LogP contribution in [0.15, 0.2) is 75.9 Å². The van der Waals surface area contributed by atoms with Crippen LogP contribution < -0.4 is 20.5 Å². The minimum atomic E-state index is -4.30. The van der Waals surface area contributed by atoms with Crippen LogP contribution >= 0.6 is 0 Å². The molecule has 2 unspecified atom stereocenters. The molecule has 0 aliphatic carbocycles. The standard InChI is InChI=1S/C27H31N5O8S2/c1-17-11-18(2)24(31(14-17)39-4)16-41(35)27-30-22-12-20(38-3)7-10-23(22)32(27)42(36,37)21-8-5-19(6-9-21)40-15-26(34)29-13-25(28)33/h5-12,14,24H,13,15-16H2,1-4H3,(H2,28,33)(H,29,34). The van der Waals surface area contributed by atoms with E-state index in [1.165, 1.54) is 38.5 Å². The molecule has 2 heterocycles.